The van der Waals surface area contributed by atoms with E-state index in [2.05, 4.69) is 88.6 Å². The Morgan fingerprint density at radius 1 is 0.882 bits per heavy atom. The Balaban J connectivity index is 2.20. The molecule has 0 spiro atoms. The number of anilines is 1. The lowest BCUT2D eigenvalue weighted by Gasteiger charge is -2.25. The molecule has 0 radical (unpaired) electrons. The van der Waals surface area contributed by atoms with Crippen LogP contribution in [0.4, 0.5) is 5.69 Å². The van der Waals surface area contributed by atoms with Crippen LogP contribution < -0.4 is 10.2 Å². The molecule has 0 saturated carbocycles. The van der Waals surface area contributed by atoms with Gasteiger partial charge in [0, 0.05) is 10.2 Å². The maximum absolute atomic E-state index is 3.68. The van der Waals surface area contributed by atoms with Crippen molar-refractivity contribution in [3.05, 3.63) is 59.1 Å². The zero-order chi connectivity index (χ0) is 12.3. The number of hydrogen-bond donors (Lipinski definition) is 1. The molecule has 1 nitrogen and oxygen atoms in total. The monoisotopic (exact) mass is 305 g/mol. The normalized spacial score (nSPS) is 11.2. The minimum absolute atomic E-state index is 1.11. The van der Waals surface area contributed by atoms with Gasteiger partial charge in [-0.05, 0) is 42.5 Å². The summed E-state index contributed by atoms with van der Waals surface area (Å²) >= 11 is 3.45. The first kappa shape index (κ1) is 12.4. The van der Waals surface area contributed by atoms with Gasteiger partial charge in [0.25, 0.3) is 0 Å². The lowest BCUT2D eigenvalue weighted by Crippen LogP contribution is -2.49. The average molecular weight is 306 g/mol. The summed E-state index contributed by atoms with van der Waals surface area (Å²) in [4.78, 5) is 3.68. The summed E-state index contributed by atoms with van der Waals surface area (Å²) in [6, 6.07) is 19.0. The quantitative estimate of drug-likeness (QED) is 0.846. The first-order chi connectivity index (χ1) is 8.08. The molecule has 0 aliphatic heterocycles. The summed E-state index contributed by atoms with van der Waals surface area (Å²) in [5.74, 6) is 0. The molecule has 0 bridgehead atoms. The largest absolute Gasteiger partial charge is 0.407 e. The molecule has 0 aromatic heterocycles. The van der Waals surface area contributed by atoms with Crippen LogP contribution >= 0.6 is 15.9 Å². The first-order valence-corrected chi connectivity index (χ1v) is 9.46. The third kappa shape index (κ3) is 3.20. The molecule has 0 unspecified atom stereocenters. The maximum Gasteiger partial charge on any atom is 0.179 e. The van der Waals surface area contributed by atoms with Crippen molar-refractivity contribution in [3.63, 3.8) is 0 Å². The van der Waals surface area contributed by atoms with E-state index in [4.69, 9.17) is 0 Å². The van der Waals surface area contributed by atoms with Gasteiger partial charge in [-0.1, -0.05) is 46.3 Å². The van der Waals surface area contributed by atoms with Crippen LogP contribution in [0, 0.1) is 0 Å². The molecule has 0 fully saturated rings. The molecular weight excluding hydrogens is 290 g/mol. The minimum atomic E-state index is -1.60. The first-order valence-electron chi connectivity index (χ1n) is 5.67. The summed E-state index contributed by atoms with van der Waals surface area (Å²) in [5.41, 5.74) is 1.19. The van der Waals surface area contributed by atoms with Crippen molar-refractivity contribution in [1.29, 1.82) is 0 Å². The fraction of sp³-hybridized carbons (Fsp3) is 0.143. The molecule has 1 N–H and O–H groups in total. The third-order valence-electron chi connectivity index (χ3n) is 2.80. The van der Waals surface area contributed by atoms with Gasteiger partial charge in [-0.25, -0.2) is 0 Å². The van der Waals surface area contributed by atoms with Crippen LogP contribution in [0.3, 0.4) is 0 Å². The van der Waals surface area contributed by atoms with E-state index in [1.165, 1.54) is 10.9 Å². The van der Waals surface area contributed by atoms with E-state index >= 15 is 0 Å². The van der Waals surface area contributed by atoms with Crippen LogP contribution in [0.15, 0.2) is 59.1 Å². The second-order valence-electron chi connectivity index (χ2n) is 4.62. The molecule has 2 aromatic rings. The van der Waals surface area contributed by atoms with E-state index in [-0.39, 0.29) is 0 Å². The van der Waals surface area contributed by atoms with Crippen molar-refractivity contribution in [3.8, 4) is 0 Å². The Bertz CT molecular complexity index is 479. The maximum atomic E-state index is 3.68. The number of benzene rings is 2. The fourth-order valence-corrected chi connectivity index (χ4v) is 4.14. The van der Waals surface area contributed by atoms with Crippen LogP contribution in [0.25, 0.3) is 0 Å². The Hall–Kier alpha value is -1.06. The number of nitrogens with one attached hydrogen (secondary N) is 1. The van der Waals surface area contributed by atoms with Crippen LogP contribution in [0.1, 0.15) is 0 Å². The van der Waals surface area contributed by atoms with E-state index < -0.39 is 8.24 Å². The third-order valence-corrected chi connectivity index (χ3v) is 6.02. The predicted molar refractivity (Wildman–Crippen MR) is 81.3 cm³/mol. The molecule has 0 aliphatic rings. The smallest absolute Gasteiger partial charge is 0.179 e. The number of rotatable bonds is 3. The molecule has 3 heteroatoms. The van der Waals surface area contributed by atoms with Gasteiger partial charge < -0.3 is 4.98 Å². The second kappa shape index (κ2) is 5.06. The Labute approximate surface area is 112 Å². The van der Waals surface area contributed by atoms with Gasteiger partial charge >= 0.3 is 0 Å². The fourth-order valence-electron chi connectivity index (χ4n) is 1.82. The Kier molecular flexibility index (Phi) is 3.69. The molecule has 0 saturated heterocycles. The lowest BCUT2D eigenvalue weighted by molar-refractivity contribution is 1.57. The van der Waals surface area contributed by atoms with Crippen LogP contribution in [0.5, 0.6) is 0 Å². The van der Waals surface area contributed by atoms with E-state index in [0.717, 1.165) is 4.47 Å². The molecule has 0 aliphatic carbocycles. The molecule has 0 atom stereocenters. The summed E-state index contributed by atoms with van der Waals surface area (Å²) in [6.07, 6.45) is 0. The second-order valence-corrected chi connectivity index (χ2v) is 9.62. The van der Waals surface area contributed by atoms with E-state index in [9.17, 15) is 0 Å². The average Bonchev–Trinajstić information content (AvgIpc) is 2.33. The summed E-state index contributed by atoms with van der Waals surface area (Å²) in [7, 11) is -1.60. The van der Waals surface area contributed by atoms with Gasteiger partial charge in [0.15, 0.2) is 8.24 Å². The summed E-state index contributed by atoms with van der Waals surface area (Å²) in [6.45, 7) is 4.65. The molecular formula is C14H16BrNSi. The lowest BCUT2D eigenvalue weighted by atomic mass is 10.3. The highest BCUT2D eigenvalue weighted by molar-refractivity contribution is 9.10. The highest BCUT2D eigenvalue weighted by Crippen LogP contribution is 2.16. The van der Waals surface area contributed by atoms with Crippen molar-refractivity contribution in [2.24, 2.45) is 0 Å². The summed E-state index contributed by atoms with van der Waals surface area (Å²) in [5, 5.41) is 1.42. The minimum Gasteiger partial charge on any atom is -0.407 e. The molecule has 2 rings (SSSR count). The molecule has 0 amide bonds. The van der Waals surface area contributed by atoms with Gasteiger partial charge in [-0.2, -0.15) is 0 Å². The Morgan fingerprint density at radius 3 is 2.06 bits per heavy atom. The van der Waals surface area contributed by atoms with Crippen LogP contribution in [0.2, 0.25) is 13.1 Å². The highest BCUT2D eigenvalue weighted by atomic mass is 79.9. The zero-order valence-electron chi connectivity index (χ0n) is 10.1. The number of halogens is 1. The molecule has 0 heterocycles. The SMILES string of the molecule is C[Si](C)(Nc1ccc(Br)cc1)c1ccccc1. The van der Waals surface area contributed by atoms with Gasteiger partial charge in [-0.15, -0.1) is 0 Å². The van der Waals surface area contributed by atoms with Gasteiger partial charge in [0.2, 0.25) is 0 Å². The van der Waals surface area contributed by atoms with Crippen LogP contribution in [-0.4, -0.2) is 8.24 Å². The van der Waals surface area contributed by atoms with Crippen molar-refractivity contribution >= 4 is 35.0 Å². The standard InChI is InChI=1S/C14H16BrNSi/c1-17(2,14-6-4-3-5-7-14)16-13-10-8-12(15)9-11-13/h3-11,16H,1-2H3. The van der Waals surface area contributed by atoms with Gasteiger partial charge in [0.05, 0.1) is 0 Å². The zero-order valence-corrected chi connectivity index (χ0v) is 12.7. The molecule has 2 aromatic carbocycles. The van der Waals surface area contributed by atoms with E-state index in [1.807, 2.05) is 0 Å². The van der Waals surface area contributed by atoms with Gasteiger partial charge in [-0.3, -0.25) is 0 Å². The summed E-state index contributed by atoms with van der Waals surface area (Å²) < 4.78 is 1.11. The predicted octanol–water partition coefficient (Wildman–Crippen LogP) is 3.97. The van der Waals surface area contributed by atoms with Crippen LogP contribution in [-0.2, 0) is 0 Å². The molecule has 17 heavy (non-hydrogen) atoms. The topological polar surface area (TPSA) is 12.0 Å². The highest BCUT2D eigenvalue weighted by Gasteiger charge is 2.23. The van der Waals surface area contributed by atoms with E-state index in [1.54, 1.807) is 0 Å². The number of hydrogen-bond acceptors (Lipinski definition) is 1. The van der Waals surface area contributed by atoms with Crippen molar-refractivity contribution < 1.29 is 0 Å². The molecule has 88 valence electrons. The van der Waals surface area contributed by atoms with E-state index in [0.29, 0.717) is 0 Å². The van der Waals surface area contributed by atoms with Crippen molar-refractivity contribution in [1.82, 2.24) is 0 Å². The van der Waals surface area contributed by atoms with Crippen molar-refractivity contribution in [2.75, 3.05) is 4.98 Å². The Morgan fingerprint density at radius 2 is 1.47 bits per heavy atom. The van der Waals surface area contributed by atoms with Crippen molar-refractivity contribution in [2.45, 2.75) is 13.1 Å². The van der Waals surface area contributed by atoms with Gasteiger partial charge in [0.1, 0.15) is 0 Å².